The van der Waals surface area contributed by atoms with Gasteiger partial charge in [0.1, 0.15) is 6.10 Å². The summed E-state index contributed by atoms with van der Waals surface area (Å²) in [5.41, 5.74) is 1.94. The van der Waals surface area contributed by atoms with Gasteiger partial charge in [0, 0.05) is 11.5 Å². The number of hydrogen-bond acceptors (Lipinski definition) is 2. The monoisotopic (exact) mass is 228 g/mol. The van der Waals surface area contributed by atoms with Gasteiger partial charge in [0.05, 0.1) is 6.10 Å². The van der Waals surface area contributed by atoms with Crippen molar-refractivity contribution in [2.75, 3.05) is 0 Å². The molecule has 1 aliphatic carbocycles. The van der Waals surface area contributed by atoms with E-state index in [2.05, 4.69) is 12.2 Å². The highest BCUT2D eigenvalue weighted by Gasteiger charge is 2.37. The lowest BCUT2D eigenvalue weighted by molar-refractivity contribution is -0.0432. The number of carbonyl (C=O) groups excluding carboxylic acids is 1. The first-order valence-electron chi connectivity index (χ1n) is 6.19. The number of aryl methyl sites for hydroxylation is 1. The summed E-state index contributed by atoms with van der Waals surface area (Å²) in [6, 6.07) is 7.74. The van der Waals surface area contributed by atoms with E-state index in [-0.39, 0.29) is 23.9 Å². The molecule has 17 heavy (non-hydrogen) atoms. The lowest BCUT2D eigenvalue weighted by atomic mass is 9.83. The maximum Gasteiger partial charge on any atom is 0.192 e. The average molecular weight is 228 g/mol. The number of ether oxygens (including phenoxy) is 1. The van der Waals surface area contributed by atoms with Gasteiger partial charge in [-0.25, -0.2) is 0 Å². The summed E-state index contributed by atoms with van der Waals surface area (Å²) in [4.78, 5) is 12.3. The summed E-state index contributed by atoms with van der Waals surface area (Å²) in [5.74, 6) is 0.401. The van der Waals surface area contributed by atoms with E-state index in [4.69, 9.17) is 4.74 Å². The van der Waals surface area contributed by atoms with Crippen LogP contribution in [-0.2, 0) is 4.74 Å². The zero-order chi connectivity index (χ0) is 11.8. The van der Waals surface area contributed by atoms with E-state index in [1.165, 1.54) is 5.56 Å². The van der Waals surface area contributed by atoms with E-state index in [9.17, 15) is 4.79 Å². The van der Waals surface area contributed by atoms with Gasteiger partial charge in [0.15, 0.2) is 5.78 Å². The highest BCUT2D eigenvalue weighted by atomic mass is 16.5. The first kappa shape index (κ1) is 10.7. The molecule has 2 heterocycles. The van der Waals surface area contributed by atoms with Gasteiger partial charge in [0.2, 0.25) is 0 Å². The second kappa shape index (κ2) is 4.11. The Kier molecular flexibility index (Phi) is 2.60. The quantitative estimate of drug-likeness (QED) is 0.574. The molecule has 2 heteroatoms. The molecule has 2 bridgehead atoms. The molecule has 88 valence electrons. The Morgan fingerprint density at radius 1 is 1.18 bits per heavy atom. The third-order valence-corrected chi connectivity index (χ3v) is 3.66. The Bertz CT molecular complexity index is 458. The molecule has 1 aromatic rings. The van der Waals surface area contributed by atoms with Crippen LogP contribution in [0, 0.1) is 12.8 Å². The predicted molar refractivity (Wildman–Crippen MR) is 66.0 cm³/mol. The summed E-state index contributed by atoms with van der Waals surface area (Å²) in [6.07, 6.45) is 6.25. The van der Waals surface area contributed by atoms with Crippen molar-refractivity contribution in [1.82, 2.24) is 0 Å². The predicted octanol–water partition coefficient (Wildman–Crippen LogP) is 2.91. The van der Waals surface area contributed by atoms with Crippen LogP contribution in [0.4, 0.5) is 0 Å². The standard InChI is InChI=1S/C15H16O2/c1-10-2-4-11(5-3-10)14(16)15-12-6-8-13(17-15)9-7-12/h2-6,8,12-13,15H,7,9H2,1H3/t12-,13+,15+/m1/s1. The second-order valence-corrected chi connectivity index (χ2v) is 4.95. The molecule has 3 atom stereocenters. The van der Waals surface area contributed by atoms with Crippen molar-refractivity contribution in [3.63, 3.8) is 0 Å². The highest BCUT2D eigenvalue weighted by Crippen LogP contribution is 2.33. The van der Waals surface area contributed by atoms with Crippen LogP contribution in [0.15, 0.2) is 36.4 Å². The van der Waals surface area contributed by atoms with Gasteiger partial charge in [-0.2, -0.15) is 0 Å². The minimum Gasteiger partial charge on any atom is -0.362 e. The molecule has 1 saturated heterocycles. The molecule has 0 spiro atoms. The van der Waals surface area contributed by atoms with Gasteiger partial charge in [-0.05, 0) is 19.8 Å². The summed E-state index contributed by atoms with van der Waals surface area (Å²) in [6.45, 7) is 2.02. The molecule has 0 aromatic heterocycles. The van der Waals surface area contributed by atoms with E-state index in [1.807, 2.05) is 31.2 Å². The molecule has 2 nitrogen and oxygen atoms in total. The fourth-order valence-electron chi connectivity index (χ4n) is 2.61. The van der Waals surface area contributed by atoms with Crippen LogP contribution in [0.25, 0.3) is 0 Å². The molecule has 0 amide bonds. The van der Waals surface area contributed by atoms with Crippen LogP contribution < -0.4 is 0 Å². The van der Waals surface area contributed by atoms with Crippen LogP contribution >= 0.6 is 0 Å². The molecule has 2 aliphatic heterocycles. The van der Waals surface area contributed by atoms with Crippen molar-refractivity contribution in [3.8, 4) is 0 Å². The van der Waals surface area contributed by atoms with E-state index in [0.717, 1.165) is 18.4 Å². The van der Waals surface area contributed by atoms with E-state index < -0.39 is 0 Å². The number of hydrogen-bond donors (Lipinski definition) is 0. The van der Waals surface area contributed by atoms with Crippen molar-refractivity contribution in [2.24, 2.45) is 5.92 Å². The topological polar surface area (TPSA) is 26.3 Å². The number of rotatable bonds is 2. The smallest absolute Gasteiger partial charge is 0.192 e. The molecule has 4 rings (SSSR count). The first-order valence-corrected chi connectivity index (χ1v) is 6.19. The lowest BCUT2D eigenvalue weighted by Crippen LogP contribution is -2.42. The van der Waals surface area contributed by atoms with Crippen molar-refractivity contribution < 1.29 is 9.53 Å². The van der Waals surface area contributed by atoms with Gasteiger partial charge in [-0.15, -0.1) is 0 Å². The zero-order valence-corrected chi connectivity index (χ0v) is 9.93. The Hall–Kier alpha value is -1.41. The largest absolute Gasteiger partial charge is 0.362 e. The van der Waals surface area contributed by atoms with Crippen molar-refractivity contribution in [2.45, 2.75) is 32.0 Å². The third kappa shape index (κ3) is 1.93. The summed E-state index contributed by atoms with van der Waals surface area (Å²) in [7, 11) is 0. The van der Waals surface area contributed by atoms with Crippen LogP contribution in [0.2, 0.25) is 0 Å². The fraction of sp³-hybridized carbons (Fsp3) is 0.400. The third-order valence-electron chi connectivity index (χ3n) is 3.66. The van der Waals surface area contributed by atoms with Crippen LogP contribution in [0.3, 0.4) is 0 Å². The Morgan fingerprint density at radius 2 is 1.94 bits per heavy atom. The Balaban J connectivity index is 1.83. The van der Waals surface area contributed by atoms with Gasteiger partial charge in [-0.3, -0.25) is 4.79 Å². The van der Waals surface area contributed by atoms with E-state index >= 15 is 0 Å². The first-order chi connectivity index (χ1) is 8.24. The molecule has 1 aromatic carbocycles. The number of benzene rings is 1. The van der Waals surface area contributed by atoms with Crippen LogP contribution in [-0.4, -0.2) is 18.0 Å². The number of carbonyl (C=O) groups is 1. The van der Waals surface area contributed by atoms with Crippen LogP contribution in [0.1, 0.15) is 28.8 Å². The maximum absolute atomic E-state index is 12.3. The van der Waals surface area contributed by atoms with Gasteiger partial charge in [-0.1, -0.05) is 42.0 Å². The maximum atomic E-state index is 12.3. The van der Waals surface area contributed by atoms with Gasteiger partial charge in [0.25, 0.3) is 0 Å². The van der Waals surface area contributed by atoms with Crippen LogP contribution in [0.5, 0.6) is 0 Å². The van der Waals surface area contributed by atoms with Gasteiger partial charge < -0.3 is 4.74 Å². The molecule has 0 radical (unpaired) electrons. The average Bonchev–Trinajstić information content (AvgIpc) is 2.40. The van der Waals surface area contributed by atoms with E-state index in [1.54, 1.807) is 0 Å². The molecule has 0 saturated carbocycles. The van der Waals surface area contributed by atoms with Crippen molar-refractivity contribution >= 4 is 5.78 Å². The summed E-state index contributed by atoms with van der Waals surface area (Å²) in [5, 5.41) is 0. The highest BCUT2D eigenvalue weighted by molar-refractivity contribution is 6.00. The second-order valence-electron chi connectivity index (χ2n) is 4.95. The number of Topliss-reactive ketones (excluding diaryl/α,β-unsaturated/α-hetero) is 1. The SMILES string of the molecule is Cc1ccc(C(=O)[C@H]2O[C@H]3C=C[C@@H]2CC3)cc1. The Morgan fingerprint density at radius 3 is 2.47 bits per heavy atom. The minimum atomic E-state index is -0.263. The zero-order valence-electron chi connectivity index (χ0n) is 9.93. The fourth-order valence-corrected chi connectivity index (χ4v) is 2.61. The number of ketones is 1. The van der Waals surface area contributed by atoms with Gasteiger partial charge >= 0.3 is 0 Å². The normalized spacial score (nSPS) is 30.5. The molecule has 3 aliphatic rings. The Labute approximate surface area is 101 Å². The molecular weight excluding hydrogens is 212 g/mol. The van der Waals surface area contributed by atoms with Crippen molar-refractivity contribution in [1.29, 1.82) is 0 Å². The molecule has 0 unspecified atom stereocenters. The summed E-state index contributed by atoms with van der Waals surface area (Å²) < 4.78 is 5.80. The summed E-state index contributed by atoms with van der Waals surface area (Å²) >= 11 is 0. The molecular formula is C15H16O2. The lowest BCUT2D eigenvalue weighted by Gasteiger charge is -2.37. The molecule has 0 N–H and O–H groups in total. The molecule has 1 fully saturated rings. The number of fused-ring (bicyclic) bond motifs is 2. The minimum absolute atomic E-state index is 0.129. The van der Waals surface area contributed by atoms with E-state index in [0.29, 0.717) is 0 Å². The van der Waals surface area contributed by atoms with Crippen molar-refractivity contribution in [3.05, 3.63) is 47.5 Å².